The van der Waals surface area contributed by atoms with E-state index >= 15 is 0 Å². The zero-order valence-corrected chi connectivity index (χ0v) is 11.1. The summed E-state index contributed by atoms with van der Waals surface area (Å²) in [5.41, 5.74) is 2.69. The van der Waals surface area contributed by atoms with Crippen LogP contribution >= 0.6 is 0 Å². The maximum absolute atomic E-state index is 4.62. The largest absolute Gasteiger partial charge is 0.309 e. The number of pyridine rings is 1. The highest BCUT2D eigenvalue weighted by atomic mass is 14.9. The Morgan fingerprint density at radius 2 is 2.24 bits per heavy atom. The smallest absolute Gasteiger partial charge is 0.0605 e. The third-order valence-corrected chi connectivity index (χ3v) is 3.54. The molecule has 0 bridgehead atoms. The first-order valence-electron chi connectivity index (χ1n) is 7.02. The summed E-state index contributed by atoms with van der Waals surface area (Å²) in [4.78, 5) is 4.62. The van der Waals surface area contributed by atoms with Gasteiger partial charge in [0.15, 0.2) is 0 Å². The molecular formula is C15H24N2. The molecule has 2 rings (SSSR count). The SMILES string of the molecule is CCCNC(CC1CC1)c1ncccc1CC. The van der Waals surface area contributed by atoms with Crippen LogP contribution in [0.1, 0.15) is 56.8 Å². The molecule has 1 unspecified atom stereocenters. The average Bonchev–Trinajstić information content (AvgIpc) is 3.18. The lowest BCUT2D eigenvalue weighted by molar-refractivity contribution is 0.461. The monoisotopic (exact) mass is 232 g/mol. The summed E-state index contributed by atoms with van der Waals surface area (Å²) in [6.45, 7) is 5.53. The topological polar surface area (TPSA) is 24.9 Å². The zero-order chi connectivity index (χ0) is 12.1. The lowest BCUT2D eigenvalue weighted by atomic mass is 10.00. The predicted octanol–water partition coefficient (Wildman–Crippen LogP) is 3.48. The standard InChI is InChI=1S/C15H24N2/c1-3-9-16-14(11-12-7-8-12)15-13(4-2)6-5-10-17-15/h5-6,10,12,14,16H,3-4,7-9,11H2,1-2H3. The first-order valence-corrected chi connectivity index (χ1v) is 7.02. The van der Waals surface area contributed by atoms with Crippen molar-refractivity contribution in [2.45, 2.75) is 52.0 Å². The third kappa shape index (κ3) is 3.53. The highest BCUT2D eigenvalue weighted by Crippen LogP contribution is 2.37. The molecule has 2 nitrogen and oxygen atoms in total. The Bertz CT molecular complexity index is 345. The van der Waals surface area contributed by atoms with Crippen LogP contribution < -0.4 is 5.32 Å². The number of rotatable bonds is 7. The van der Waals surface area contributed by atoms with Crippen LogP contribution in [0.25, 0.3) is 0 Å². The van der Waals surface area contributed by atoms with Crippen molar-refractivity contribution in [3.63, 3.8) is 0 Å². The summed E-state index contributed by atoms with van der Waals surface area (Å²) in [6.07, 6.45) is 8.30. The molecule has 0 radical (unpaired) electrons. The van der Waals surface area contributed by atoms with Crippen molar-refractivity contribution in [2.75, 3.05) is 6.54 Å². The summed E-state index contributed by atoms with van der Waals surface area (Å²) in [6, 6.07) is 4.74. The molecule has 1 aromatic rings. The molecule has 1 saturated carbocycles. The molecule has 17 heavy (non-hydrogen) atoms. The number of hydrogen-bond donors (Lipinski definition) is 1. The molecule has 1 aromatic heterocycles. The van der Waals surface area contributed by atoms with Gasteiger partial charge in [0, 0.05) is 6.20 Å². The molecule has 1 aliphatic rings. The first-order chi connectivity index (χ1) is 8.35. The zero-order valence-electron chi connectivity index (χ0n) is 11.1. The van der Waals surface area contributed by atoms with Gasteiger partial charge in [-0.05, 0) is 43.4 Å². The van der Waals surface area contributed by atoms with Crippen LogP contribution in [0.2, 0.25) is 0 Å². The number of hydrogen-bond acceptors (Lipinski definition) is 2. The minimum absolute atomic E-state index is 0.471. The Morgan fingerprint density at radius 3 is 2.88 bits per heavy atom. The molecule has 1 atom stereocenters. The molecular weight excluding hydrogens is 208 g/mol. The van der Waals surface area contributed by atoms with Crippen LogP contribution in [0.3, 0.4) is 0 Å². The number of nitrogens with one attached hydrogen (secondary N) is 1. The van der Waals surface area contributed by atoms with E-state index in [-0.39, 0.29) is 0 Å². The van der Waals surface area contributed by atoms with E-state index in [9.17, 15) is 0 Å². The van der Waals surface area contributed by atoms with Gasteiger partial charge in [-0.15, -0.1) is 0 Å². The molecule has 0 saturated heterocycles. The molecule has 1 aliphatic carbocycles. The second-order valence-corrected chi connectivity index (χ2v) is 5.09. The van der Waals surface area contributed by atoms with Gasteiger partial charge in [-0.3, -0.25) is 4.98 Å². The third-order valence-electron chi connectivity index (χ3n) is 3.54. The quantitative estimate of drug-likeness (QED) is 0.778. The van der Waals surface area contributed by atoms with Crippen LogP contribution in [0.5, 0.6) is 0 Å². The fraction of sp³-hybridized carbons (Fsp3) is 0.667. The van der Waals surface area contributed by atoms with Crippen molar-refractivity contribution in [1.29, 1.82) is 0 Å². The fourth-order valence-electron chi connectivity index (χ4n) is 2.36. The lowest BCUT2D eigenvalue weighted by Crippen LogP contribution is -2.24. The average molecular weight is 232 g/mol. The van der Waals surface area contributed by atoms with Gasteiger partial charge < -0.3 is 5.32 Å². The van der Waals surface area contributed by atoms with Crippen LogP contribution in [0, 0.1) is 5.92 Å². The number of aromatic nitrogens is 1. The molecule has 1 N–H and O–H groups in total. The van der Waals surface area contributed by atoms with E-state index in [0.29, 0.717) is 6.04 Å². The van der Waals surface area contributed by atoms with E-state index < -0.39 is 0 Å². The molecule has 94 valence electrons. The Balaban J connectivity index is 2.10. The van der Waals surface area contributed by atoms with E-state index in [1.165, 1.54) is 36.9 Å². The van der Waals surface area contributed by atoms with E-state index in [1.807, 2.05) is 6.20 Å². The maximum atomic E-state index is 4.62. The highest BCUT2D eigenvalue weighted by molar-refractivity contribution is 5.23. The van der Waals surface area contributed by atoms with Crippen LogP contribution in [0.15, 0.2) is 18.3 Å². The minimum atomic E-state index is 0.471. The van der Waals surface area contributed by atoms with Gasteiger partial charge in [-0.2, -0.15) is 0 Å². The van der Waals surface area contributed by atoms with Crippen LogP contribution in [-0.2, 0) is 6.42 Å². The predicted molar refractivity (Wildman–Crippen MR) is 72.0 cm³/mol. The van der Waals surface area contributed by atoms with Gasteiger partial charge in [0.05, 0.1) is 11.7 Å². The molecule has 0 aliphatic heterocycles. The van der Waals surface area contributed by atoms with Crippen molar-refractivity contribution in [2.24, 2.45) is 5.92 Å². The van der Waals surface area contributed by atoms with Gasteiger partial charge in [-0.1, -0.05) is 32.8 Å². The summed E-state index contributed by atoms with van der Waals surface area (Å²) in [5, 5.41) is 3.67. The van der Waals surface area contributed by atoms with Crippen molar-refractivity contribution in [3.05, 3.63) is 29.6 Å². The Kier molecular flexibility index (Phi) is 4.55. The molecule has 0 spiro atoms. The summed E-state index contributed by atoms with van der Waals surface area (Å²) in [5.74, 6) is 0.941. The van der Waals surface area contributed by atoms with Crippen molar-refractivity contribution in [1.82, 2.24) is 10.3 Å². The summed E-state index contributed by atoms with van der Waals surface area (Å²) in [7, 11) is 0. The number of aryl methyl sites for hydroxylation is 1. The van der Waals surface area contributed by atoms with Crippen molar-refractivity contribution >= 4 is 0 Å². The molecule has 1 fully saturated rings. The van der Waals surface area contributed by atoms with E-state index in [4.69, 9.17) is 0 Å². The first kappa shape index (κ1) is 12.6. The van der Waals surface area contributed by atoms with E-state index in [2.05, 4.69) is 36.3 Å². The fourth-order valence-corrected chi connectivity index (χ4v) is 2.36. The van der Waals surface area contributed by atoms with Crippen molar-refractivity contribution < 1.29 is 0 Å². The molecule has 1 heterocycles. The second kappa shape index (κ2) is 6.15. The number of nitrogens with zero attached hydrogens (tertiary/aromatic N) is 1. The normalized spacial score (nSPS) is 17.1. The summed E-state index contributed by atoms with van der Waals surface area (Å²) < 4.78 is 0. The Labute approximate surface area is 105 Å². The molecule has 0 aromatic carbocycles. The maximum Gasteiger partial charge on any atom is 0.0605 e. The van der Waals surface area contributed by atoms with Crippen LogP contribution in [0.4, 0.5) is 0 Å². The van der Waals surface area contributed by atoms with E-state index in [0.717, 1.165) is 18.9 Å². The van der Waals surface area contributed by atoms with Crippen molar-refractivity contribution in [3.8, 4) is 0 Å². The van der Waals surface area contributed by atoms with Gasteiger partial charge in [0.2, 0.25) is 0 Å². The Morgan fingerprint density at radius 1 is 1.41 bits per heavy atom. The van der Waals surface area contributed by atoms with Gasteiger partial charge in [0.1, 0.15) is 0 Å². The Hall–Kier alpha value is -0.890. The minimum Gasteiger partial charge on any atom is -0.309 e. The van der Waals surface area contributed by atoms with Gasteiger partial charge >= 0.3 is 0 Å². The molecule has 0 amide bonds. The lowest BCUT2D eigenvalue weighted by Gasteiger charge is -2.20. The van der Waals surface area contributed by atoms with Gasteiger partial charge in [0.25, 0.3) is 0 Å². The second-order valence-electron chi connectivity index (χ2n) is 5.09. The van der Waals surface area contributed by atoms with E-state index in [1.54, 1.807) is 0 Å². The van der Waals surface area contributed by atoms with Gasteiger partial charge in [-0.25, -0.2) is 0 Å². The molecule has 2 heteroatoms. The highest BCUT2D eigenvalue weighted by Gasteiger charge is 2.27. The summed E-state index contributed by atoms with van der Waals surface area (Å²) >= 11 is 0. The van der Waals surface area contributed by atoms with Crippen LogP contribution in [-0.4, -0.2) is 11.5 Å².